The second kappa shape index (κ2) is 4.04. The molecule has 0 spiro atoms. The Morgan fingerprint density at radius 2 is 1.44 bits per heavy atom. The predicted octanol–water partition coefficient (Wildman–Crippen LogP) is 3.79. The zero-order chi connectivity index (χ0) is 12.8. The van der Waals surface area contributed by atoms with Gasteiger partial charge in [0.1, 0.15) is 0 Å². The molecule has 92 valence electrons. The lowest BCUT2D eigenvalue weighted by molar-refractivity contribution is 0.00578. The molecule has 0 aliphatic carbocycles. The van der Waals surface area contributed by atoms with Gasteiger partial charge in [-0.2, -0.15) is 0 Å². The second-order valence-corrected chi connectivity index (χ2v) is 6.92. The summed E-state index contributed by atoms with van der Waals surface area (Å²) in [4.78, 5) is 0.631. The monoisotopic (exact) mass is 244 g/mol. The first-order chi connectivity index (χ1) is 6.95. The Bertz CT molecular complexity index is 287. The predicted molar refractivity (Wildman–Crippen MR) is 69.5 cm³/mol. The van der Waals surface area contributed by atoms with Gasteiger partial charge < -0.3 is 9.31 Å². The first kappa shape index (κ1) is 14.1. The average Bonchev–Trinajstić information content (AvgIpc) is 2.17. The second-order valence-electron chi connectivity index (χ2n) is 6.48. The Hall–Kier alpha value is 0.0149. The van der Waals surface area contributed by atoms with Gasteiger partial charge in [-0.15, -0.1) is 0 Å². The van der Waals surface area contributed by atoms with Gasteiger partial charge in [-0.3, -0.25) is 0 Å². The summed E-state index contributed by atoms with van der Waals surface area (Å²) in [7, 11) is -0.439. The molecular weight excluding hydrogens is 222 g/mol. The molecule has 0 aromatic rings. The lowest BCUT2D eigenvalue weighted by Gasteiger charge is -2.32. The lowest BCUT2D eigenvalue weighted by Crippen LogP contribution is -2.41. The van der Waals surface area contributed by atoms with Crippen molar-refractivity contribution in [3.05, 3.63) is 11.0 Å². The molecule has 0 radical (unpaired) electrons. The van der Waals surface area contributed by atoms with Crippen molar-refractivity contribution in [1.82, 2.24) is 0 Å². The van der Waals surface area contributed by atoms with Gasteiger partial charge in [0.2, 0.25) is 0 Å². The van der Waals surface area contributed by atoms with Crippen LogP contribution < -0.4 is 0 Å². The summed E-state index contributed by atoms with van der Waals surface area (Å²) in [6.45, 7) is 14.4. The summed E-state index contributed by atoms with van der Waals surface area (Å²) in [5.41, 5.74) is -0.631. The minimum Gasteiger partial charge on any atom is -0.399 e. The number of rotatable bonds is 1. The van der Waals surface area contributed by atoms with Gasteiger partial charge in [-0.1, -0.05) is 38.4 Å². The smallest absolute Gasteiger partial charge is 0.399 e. The van der Waals surface area contributed by atoms with E-state index in [1.165, 1.54) is 0 Å². The van der Waals surface area contributed by atoms with Gasteiger partial charge >= 0.3 is 7.12 Å². The molecular formula is C12H22BClO2. The zero-order valence-electron chi connectivity index (χ0n) is 11.3. The lowest BCUT2D eigenvalue weighted by atomic mass is 9.84. The van der Waals surface area contributed by atoms with Crippen LogP contribution in [0.15, 0.2) is 11.0 Å². The van der Waals surface area contributed by atoms with E-state index < -0.39 is 7.12 Å². The minimum absolute atomic E-state index is 0.0285. The summed E-state index contributed by atoms with van der Waals surface area (Å²) in [6.07, 6.45) is 1.98. The molecule has 1 aliphatic heterocycles. The van der Waals surface area contributed by atoms with E-state index >= 15 is 0 Å². The normalized spacial score (nSPS) is 25.0. The highest BCUT2D eigenvalue weighted by atomic mass is 35.5. The Labute approximate surface area is 104 Å². The summed E-state index contributed by atoms with van der Waals surface area (Å²) >= 11 is 6.24. The quantitative estimate of drug-likeness (QED) is 0.654. The molecule has 4 heteroatoms. The molecule has 0 unspecified atom stereocenters. The Morgan fingerprint density at radius 1 is 1.06 bits per heavy atom. The Balaban J connectivity index is 2.85. The van der Waals surface area contributed by atoms with E-state index in [0.717, 1.165) is 0 Å². The van der Waals surface area contributed by atoms with Crippen molar-refractivity contribution in [2.24, 2.45) is 5.41 Å². The fraction of sp³-hybridized carbons (Fsp3) is 0.833. The van der Waals surface area contributed by atoms with Crippen LogP contribution >= 0.6 is 11.6 Å². The molecule has 2 nitrogen and oxygen atoms in total. The summed E-state index contributed by atoms with van der Waals surface area (Å²) < 4.78 is 11.7. The van der Waals surface area contributed by atoms with Crippen LogP contribution in [0.3, 0.4) is 0 Å². The Morgan fingerprint density at radius 3 is 1.75 bits per heavy atom. The molecule has 16 heavy (non-hydrogen) atoms. The third kappa shape index (κ3) is 3.02. The number of allylic oxidation sites excluding steroid dienone is 1. The van der Waals surface area contributed by atoms with E-state index in [0.29, 0.717) is 4.93 Å². The first-order valence-corrected chi connectivity index (χ1v) is 6.06. The number of hydrogen-bond acceptors (Lipinski definition) is 2. The van der Waals surface area contributed by atoms with E-state index in [9.17, 15) is 0 Å². The highest BCUT2D eigenvalue weighted by Gasteiger charge is 2.52. The zero-order valence-corrected chi connectivity index (χ0v) is 12.1. The van der Waals surface area contributed by atoms with Crippen molar-refractivity contribution in [2.45, 2.75) is 59.7 Å². The fourth-order valence-corrected chi connectivity index (χ4v) is 1.85. The molecule has 0 atom stereocenters. The van der Waals surface area contributed by atoms with Gasteiger partial charge in [0, 0.05) is 4.93 Å². The van der Waals surface area contributed by atoms with E-state index in [1.54, 1.807) is 0 Å². The highest BCUT2D eigenvalue weighted by Crippen LogP contribution is 2.39. The molecule has 1 fully saturated rings. The highest BCUT2D eigenvalue weighted by molar-refractivity contribution is 6.69. The van der Waals surface area contributed by atoms with Crippen LogP contribution in [-0.4, -0.2) is 18.3 Å². The average molecular weight is 245 g/mol. The molecule has 1 saturated heterocycles. The van der Waals surface area contributed by atoms with Crippen LogP contribution in [0.4, 0.5) is 0 Å². The van der Waals surface area contributed by atoms with Crippen LogP contribution in [0, 0.1) is 5.41 Å². The molecule has 0 aromatic heterocycles. The maximum Gasteiger partial charge on any atom is 0.506 e. The van der Waals surface area contributed by atoms with Crippen LogP contribution in [0.25, 0.3) is 0 Å². The van der Waals surface area contributed by atoms with Crippen molar-refractivity contribution in [3.8, 4) is 0 Å². The van der Waals surface area contributed by atoms with Gasteiger partial charge in [-0.25, -0.2) is 0 Å². The van der Waals surface area contributed by atoms with Crippen molar-refractivity contribution < 1.29 is 9.31 Å². The fourth-order valence-electron chi connectivity index (χ4n) is 1.44. The van der Waals surface area contributed by atoms with Crippen LogP contribution in [0.5, 0.6) is 0 Å². The van der Waals surface area contributed by atoms with Crippen molar-refractivity contribution in [2.75, 3.05) is 0 Å². The standard InChI is InChI=1S/C12H22BClO2/c1-10(2,3)8-9(14)13-15-11(4,5)12(6,7)16-13/h8H,1-7H3/b9-8-. The summed E-state index contributed by atoms with van der Waals surface area (Å²) in [6, 6.07) is 0. The Kier molecular flexibility index (Phi) is 3.56. The molecule has 1 aliphatic rings. The maximum absolute atomic E-state index is 6.24. The first-order valence-electron chi connectivity index (χ1n) is 5.68. The number of halogens is 1. The topological polar surface area (TPSA) is 18.5 Å². The van der Waals surface area contributed by atoms with E-state index in [4.69, 9.17) is 20.9 Å². The van der Waals surface area contributed by atoms with Gasteiger partial charge in [0.25, 0.3) is 0 Å². The van der Waals surface area contributed by atoms with Gasteiger partial charge in [0.05, 0.1) is 11.2 Å². The van der Waals surface area contributed by atoms with E-state index in [1.807, 2.05) is 33.8 Å². The molecule has 1 rings (SSSR count). The molecule has 0 amide bonds. The minimum atomic E-state index is -0.439. The van der Waals surface area contributed by atoms with E-state index in [2.05, 4.69) is 20.8 Å². The molecule has 0 saturated carbocycles. The third-order valence-electron chi connectivity index (χ3n) is 3.05. The number of hydrogen-bond donors (Lipinski definition) is 0. The van der Waals surface area contributed by atoms with Crippen molar-refractivity contribution >= 4 is 18.7 Å². The summed E-state index contributed by atoms with van der Waals surface area (Å²) in [5, 5.41) is 0. The van der Waals surface area contributed by atoms with Crippen molar-refractivity contribution in [3.63, 3.8) is 0 Å². The van der Waals surface area contributed by atoms with Gasteiger partial charge in [0.15, 0.2) is 0 Å². The SMILES string of the molecule is CC(C)(C)/C=C(\Cl)B1OC(C)(C)C(C)(C)O1. The van der Waals surface area contributed by atoms with Gasteiger partial charge in [-0.05, 0) is 33.1 Å². The largest absolute Gasteiger partial charge is 0.506 e. The molecule has 0 bridgehead atoms. The van der Waals surface area contributed by atoms with Crippen LogP contribution in [0.1, 0.15) is 48.5 Å². The molecule has 0 aromatic carbocycles. The van der Waals surface area contributed by atoms with Crippen LogP contribution in [-0.2, 0) is 9.31 Å². The van der Waals surface area contributed by atoms with E-state index in [-0.39, 0.29) is 16.6 Å². The summed E-state index contributed by atoms with van der Waals surface area (Å²) in [5.74, 6) is 0. The molecule has 1 heterocycles. The maximum atomic E-state index is 6.24. The van der Waals surface area contributed by atoms with Crippen molar-refractivity contribution in [1.29, 1.82) is 0 Å². The molecule has 0 N–H and O–H groups in total. The van der Waals surface area contributed by atoms with Crippen LogP contribution in [0.2, 0.25) is 0 Å². The third-order valence-corrected chi connectivity index (χ3v) is 3.34.